The molecule has 2 aliphatic carbocycles. The number of hydrogen-bond donors (Lipinski definition) is 0. The molecule has 0 radical (unpaired) electrons. The molecule has 1 atom stereocenters. The molecule has 2 aliphatic rings. The first-order valence-electron chi connectivity index (χ1n) is 8.85. The zero-order valence-corrected chi connectivity index (χ0v) is 14.5. The molecule has 5 nitrogen and oxygen atoms in total. The third-order valence-electron chi connectivity index (χ3n) is 5.95. The molecule has 0 saturated heterocycles. The number of nitriles is 1. The molecule has 2 aromatic heterocycles. The maximum absolute atomic E-state index is 9.81. The van der Waals surface area contributed by atoms with Gasteiger partial charge in [0.15, 0.2) is 5.82 Å². The molecule has 1 spiro atoms. The maximum atomic E-state index is 9.81. The fraction of sp³-hybridized carbons (Fsp3) is 0.400. The standard InChI is InChI=1S/C20H19N5/c1-3-16-9-18(24-13(2)23-16)25-17-8-15(5-4-14(17)10-22-25)20(12-21)11-19(20)6-7-19/h4-5,8-10H,3,6-7,11H2,1-2H3/t20-/m1/s1. The number of nitrogens with zero attached hydrogens (tertiary/aromatic N) is 5. The van der Waals surface area contributed by atoms with E-state index in [2.05, 4.69) is 46.3 Å². The summed E-state index contributed by atoms with van der Waals surface area (Å²) in [6, 6.07) is 10.9. The molecule has 124 valence electrons. The minimum Gasteiger partial charge on any atom is -0.238 e. The second-order valence-electron chi connectivity index (χ2n) is 7.42. The fourth-order valence-electron chi connectivity index (χ4n) is 4.22. The summed E-state index contributed by atoms with van der Waals surface area (Å²) in [5.74, 6) is 1.54. The number of rotatable bonds is 3. The SMILES string of the molecule is CCc1cc(-n2ncc3ccc([C@]4(C#N)CC45CC5)cc32)nc(C)n1. The van der Waals surface area contributed by atoms with E-state index in [4.69, 9.17) is 0 Å². The summed E-state index contributed by atoms with van der Waals surface area (Å²) < 4.78 is 1.87. The summed E-state index contributed by atoms with van der Waals surface area (Å²) in [6.07, 6.45) is 6.09. The summed E-state index contributed by atoms with van der Waals surface area (Å²) >= 11 is 0. The van der Waals surface area contributed by atoms with Crippen molar-refractivity contribution >= 4 is 10.9 Å². The van der Waals surface area contributed by atoms with E-state index in [1.54, 1.807) is 0 Å². The highest BCUT2D eigenvalue weighted by atomic mass is 15.3. The summed E-state index contributed by atoms with van der Waals surface area (Å²) in [4.78, 5) is 9.02. The van der Waals surface area contributed by atoms with Crippen LogP contribution in [0.3, 0.4) is 0 Å². The van der Waals surface area contributed by atoms with E-state index in [1.165, 1.54) is 12.8 Å². The predicted molar refractivity (Wildman–Crippen MR) is 94.4 cm³/mol. The van der Waals surface area contributed by atoms with Gasteiger partial charge in [0.25, 0.3) is 0 Å². The average molecular weight is 329 g/mol. The van der Waals surface area contributed by atoms with Crippen LogP contribution in [0, 0.1) is 23.7 Å². The van der Waals surface area contributed by atoms with Gasteiger partial charge in [-0.1, -0.05) is 19.1 Å². The van der Waals surface area contributed by atoms with E-state index >= 15 is 0 Å². The Morgan fingerprint density at radius 2 is 2.08 bits per heavy atom. The normalized spacial score (nSPS) is 22.9. The Morgan fingerprint density at radius 3 is 2.76 bits per heavy atom. The van der Waals surface area contributed by atoms with Crippen molar-refractivity contribution in [2.45, 2.75) is 44.9 Å². The lowest BCUT2D eigenvalue weighted by atomic mass is 9.93. The molecule has 25 heavy (non-hydrogen) atoms. The van der Waals surface area contributed by atoms with Crippen LogP contribution in [0.5, 0.6) is 0 Å². The van der Waals surface area contributed by atoms with Crippen molar-refractivity contribution < 1.29 is 0 Å². The topological polar surface area (TPSA) is 67.4 Å². The first kappa shape index (κ1) is 14.6. The predicted octanol–water partition coefficient (Wildman–Crippen LogP) is 3.63. The van der Waals surface area contributed by atoms with Crippen LogP contribution in [-0.2, 0) is 11.8 Å². The molecule has 5 rings (SSSR count). The molecule has 2 heterocycles. The van der Waals surface area contributed by atoms with Crippen LogP contribution in [-0.4, -0.2) is 19.7 Å². The van der Waals surface area contributed by atoms with Crippen molar-refractivity contribution in [2.75, 3.05) is 0 Å². The molecular weight excluding hydrogens is 310 g/mol. The van der Waals surface area contributed by atoms with E-state index in [-0.39, 0.29) is 10.8 Å². The van der Waals surface area contributed by atoms with Gasteiger partial charge in [-0.2, -0.15) is 10.4 Å². The first-order chi connectivity index (χ1) is 12.1. The van der Waals surface area contributed by atoms with Crippen molar-refractivity contribution in [3.8, 4) is 11.9 Å². The molecule has 0 N–H and O–H groups in total. The van der Waals surface area contributed by atoms with Crippen LogP contribution >= 0.6 is 0 Å². The van der Waals surface area contributed by atoms with Crippen LogP contribution in [0.2, 0.25) is 0 Å². The molecule has 0 unspecified atom stereocenters. The van der Waals surface area contributed by atoms with Gasteiger partial charge in [-0.3, -0.25) is 0 Å². The van der Waals surface area contributed by atoms with Gasteiger partial charge in [0.1, 0.15) is 5.82 Å². The molecule has 2 saturated carbocycles. The Morgan fingerprint density at radius 1 is 1.24 bits per heavy atom. The van der Waals surface area contributed by atoms with E-state index in [9.17, 15) is 5.26 Å². The smallest absolute Gasteiger partial charge is 0.157 e. The van der Waals surface area contributed by atoms with Crippen molar-refractivity contribution in [1.82, 2.24) is 19.7 Å². The molecule has 2 fully saturated rings. The zero-order valence-electron chi connectivity index (χ0n) is 14.5. The Kier molecular flexibility index (Phi) is 2.72. The minimum atomic E-state index is -0.285. The van der Waals surface area contributed by atoms with Crippen LogP contribution in [0.1, 0.15) is 43.3 Å². The van der Waals surface area contributed by atoms with Crippen LogP contribution in [0.4, 0.5) is 0 Å². The zero-order chi connectivity index (χ0) is 17.2. The van der Waals surface area contributed by atoms with E-state index in [1.807, 2.05) is 23.9 Å². The Bertz CT molecular complexity index is 1050. The average Bonchev–Trinajstić information content (AvgIpc) is 3.50. The van der Waals surface area contributed by atoms with Crippen molar-refractivity contribution in [2.24, 2.45) is 5.41 Å². The van der Waals surface area contributed by atoms with E-state index in [0.717, 1.165) is 46.6 Å². The van der Waals surface area contributed by atoms with E-state index < -0.39 is 0 Å². The summed E-state index contributed by atoms with van der Waals surface area (Å²) in [5.41, 5.74) is 3.13. The van der Waals surface area contributed by atoms with Gasteiger partial charge in [-0.15, -0.1) is 0 Å². The highest BCUT2D eigenvalue weighted by Gasteiger charge is 2.75. The second kappa shape index (κ2) is 4.66. The number of aryl methyl sites for hydroxylation is 2. The Balaban J connectivity index is 1.67. The second-order valence-corrected chi connectivity index (χ2v) is 7.42. The fourth-order valence-corrected chi connectivity index (χ4v) is 4.22. The number of aromatic nitrogens is 4. The molecule has 3 aromatic rings. The lowest BCUT2D eigenvalue weighted by Gasteiger charge is -2.10. The third kappa shape index (κ3) is 1.91. The summed E-state index contributed by atoms with van der Waals surface area (Å²) in [7, 11) is 0. The monoisotopic (exact) mass is 329 g/mol. The highest BCUT2D eigenvalue weighted by Crippen LogP contribution is 2.78. The number of benzene rings is 1. The van der Waals surface area contributed by atoms with Gasteiger partial charge < -0.3 is 0 Å². The van der Waals surface area contributed by atoms with Gasteiger partial charge >= 0.3 is 0 Å². The molecule has 0 amide bonds. The van der Waals surface area contributed by atoms with Gasteiger partial charge in [0.05, 0.1) is 23.2 Å². The first-order valence-corrected chi connectivity index (χ1v) is 8.85. The Hall–Kier alpha value is -2.74. The molecule has 0 bridgehead atoms. The lowest BCUT2D eigenvalue weighted by molar-refractivity contribution is 0.737. The van der Waals surface area contributed by atoms with Crippen molar-refractivity contribution in [1.29, 1.82) is 5.26 Å². The molecule has 0 aliphatic heterocycles. The quantitative estimate of drug-likeness (QED) is 0.736. The summed E-state index contributed by atoms with van der Waals surface area (Å²) in [6.45, 7) is 4.00. The minimum absolute atomic E-state index is 0.265. The highest BCUT2D eigenvalue weighted by molar-refractivity contribution is 5.81. The van der Waals surface area contributed by atoms with Gasteiger partial charge in [0, 0.05) is 17.1 Å². The maximum Gasteiger partial charge on any atom is 0.157 e. The van der Waals surface area contributed by atoms with E-state index in [0.29, 0.717) is 0 Å². The molecular formula is C20H19N5. The largest absolute Gasteiger partial charge is 0.238 e. The molecule has 5 heteroatoms. The number of hydrogen-bond acceptors (Lipinski definition) is 4. The van der Waals surface area contributed by atoms with Crippen LogP contribution in [0.25, 0.3) is 16.7 Å². The lowest BCUT2D eigenvalue weighted by Crippen LogP contribution is -2.08. The van der Waals surface area contributed by atoms with Crippen molar-refractivity contribution in [3.05, 3.63) is 47.5 Å². The summed E-state index contributed by atoms with van der Waals surface area (Å²) in [5, 5.41) is 15.4. The number of fused-ring (bicyclic) bond motifs is 1. The van der Waals surface area contributed by atoms with Gasteiger partial charge in [-0.25, -0.2) is 14.6 Å². The third-order valence-corrected chi connectivity index (χ3v) is 5.95. The van der Waals surface area contributed by atoms with Gasteiger partial charge in [-0.05, 0) is 49.7 Å². The van der Waals surface area contributed by atoms with Crippen molar-refractivity contribution in [3.63, 3.8) is 0 Å². The van der Waals surface area contributed by atoms with Crippen LogP contribution in [0.15, 0.2) is 30.5 Å². The van der Waals surface area contributed by atoms with Gasteiger partial charge in [0.2, 0.25) is 0 Å². The van der Waals surface area contributed by atoms with Crippen LogP contribution < -0.4 is 0 Å². The molecule has 1 aromatic carbocycles. The Labute approximate surface area is 146 Å².